The van der Waals surface area contributed by atoms with Crippen LogP contribution in [0.2, 0.25) is 0 Å². The van der Waals surface area contributed by atoms with Gasteiger partial charge in [0.2, 0.25) is 0 Å². The summed E-state index contributed by atoms with van der Waals surface area (Å²) in [5.41, 5.74) is 8.94. The number of allylic oxidation sites excluding steroid dienone is 1. The molecule has 1 aliphatic rings. The van der Waals surface area contributed by atoms with Gasteiger partial charge in [-0.3, -0.25) is 4.98 Å². The maximum absolute atomic E-state index is 6.25. The quantitative estimate of drug-likeness (QED) is 0.789. The van der Waals surface area contributed by atoms with Gasteiger partial charge in [0.25, 0.3) is 0 Å². The molecule has 0 saturated heterocycles. The average Bonchev–Trinajstić information content (AvgIpc) is 2.59. The molecular formula is C14H20N2. The van der Waals surface area contributed by atoms with Gasteiger partial charge in [-0.1, -0.05) is 24.1 Å². The number of pyridine rings is 1. The molecule has 1 aromatic rings. The molecule has 2 heteroatoms. The van der Waals surface area contributed by atoms with Gasteiger partial charge in [0.15, 0.2) is 0 Å². The molecule has 2 N–H and O–H groups in total. The molecule has 0 radical (unpaired) electrons. The summed E-state index contributed by atoms with van der Waals surface area (Å²) in [6, 6.07) is 4.26. The summed E-state index contributed by atoms with van der Waals surface area (Å²) in [5, 5.41) is 0. The minimum Gasteiger partial charge on any atom is -0.324 e. The molecule has 0 saturated carbocycles. The summed E-state index contributed by atoms with van der Waals surface area (Å²) in [5.74, 6) is 0. The van der Waals surface area contributed by atoms with Crippen LogP contribution in [0.5, 0.6) is 0 Å². The summed E-state index contributed by atoms with van der Waals surface area (Å²) in [7, 11) is 0. The molecule has 2 rings (SSSR count). The Hall–Kier alpha value is -1.15. The predicted molar refractivity (Wildman–Crippen MR) is 67.1 cm³/mol. The highest BCUT2D eigenvalue weighted by Crippen LogP contribution is 2.20. The summed E-state index contributed by atoms with van der Waals surface area (Å²) >= 11 is 0. The molecule has 0 amide bonds. The van der Waals surface area contributed by atoms with Crippen molar-refractivity contribution in [3.8, 4) is 0 Å². The van der Waals surface area contributed by atoms with Crippen molar-refractivity contribution < 1.29 is 0 Å². The first-order valence-electron chi connectivity index (χ1n) is 6.19. The number of hydrogen-bond donors (Lipinski definition) is 1. The summed E-state index contributed by atoms with van der Waals surface area (Å²) in [4.78, 5) is 4.13. The molecule has 2 nitrogen and oxygen atoms in total. The second-order valence-corrected chi connectivity index (χ2v) is 4.55. The second kappa shape index (κ2) is 5.80. The molecule has 0 bridgehead atoms. The Morgan fingerprint density at radius 2 is 2.25 bits per heavy atom. The van der Waals surface area contributed by atoms with Crippen molar-refractivity contribution >= 4 is 0 Å². The molecule has 0 spiro atoms. The number of aromatic nitrogens is 1. The van der Waals surface area contributed by atoms with Gasteiger partial charge in [-0.05, 0) is 43.7 Å². The van der Waals surface area contributed by atoms with E-state index in [1.165, 1.54) is 43.2 Å². The Balaban J connectivity index is 1.97. The van der Waals surface area contributed by atoms with Crippen LogP contribution in [0, 0.1) is 0 Å². The Morgan fingerprint density at radius 3 is 3.06 bits per heavy atom. The second-order valence-electron chi connectivity index (χ2n) is 4.55. The van der Waals surface area contributed by atoms with Crippen LogP contribution in [0.4, 0.5) is 0 Å². The molecule has 86 valence electrons. The minimum atomic E-state index is 0.183. The van der Waals surface area contributed by atoms with E-state index in [4.69, 9.17) is 5.73 Å². The average molecular weight is 216 g/mol. The number of rotatable bonds is 3. The summed E-state index contributed by atoms with van der Waals surface area (Å²) in [6.07, 6.45) is 13.3. The third kappa shape index (κ3) is 3.17. The first-order chi connectivity index (χ1) is 7.86. The maximum atomic E-state index is 6.25. The molecule has 0 aliphatic heterocycles. The van der Waals surface area contributed by atoms with Gasteiger partial charge in [-0.2, -0.15) is 0 Å². The highest BCUT2D eigenvalue weighted by atomic mass is 14.6. The van der Waals surface area contributed by atoms with E-state index < -0.39 is 0 Å². The molecule has 0 fully saturated rings. The smallest absolute Gasteiger partial charge is 0.0300 e. The maximum Gasteiger partial charge on any atom is 0.0300 e. The lowest BCUT2D eigenvalue weighted by Gasteiger charge is -2.15. The van der Waals surface area contributed by atoms with E-state index in [2.05, 4.69) is 17.1 Å². The van der Waals surface area contributed by atoms with Gasteiger partial charge in [0.05, 0.1) is 0 Å². The first-order valence-corrected chi connectivity index (χ1v) is 6.19. The lowest BCUT2D eigenvalue weighted by molar-refractivity contribution is 0.671. The molecule has 1 atom stereocenters. The van der Waals surface area contributed by atoms with Crippen molar-refractivity contribution in [2.24, 2.45) is 5.73 Å². The molecule has 1 unspecified atom stereocenters. The Morgan fingerprint density at radius 1 is 1.31 bits per heavy atom. The van der Waals surface area contributed by atoms with E-state index in [-0.39, 0.29) is 6.04 Å². The summed E-state index contributed by atoms with van der Waals surface area (Å²) in [6.45, 7) is 0. The zero-order valence-corrected chi connectivity index (χ0v) is 9.73. The van der Waals surface area contributed by atoms with E-state index in [9.17, 15) is 0 Å². The standard InChI is InChI=1S/C14H20N2/c15-14(10-12-6-5-9-16-11-12)13-7-3-1-2-4-8-13/h5-7,9,11,14H,1-4,8,10,15H2. The van der Waals surface area contributed by atoms with Crippen LogP contribution in [0.3, 0.4) is 0 Å². The van der Waals surface area contributed by atoms with Crippen LogP contribution in [0.1, 0.15) is 37.7 Å². The lowest BCUT2D eigenvalue weighted by Crippen LogP contribution is -2.25. The van der Waals surface area contributed by atoms with Crippen molar-refractivity contribution in [2.45, 2.75) is 44.6 Å². The van der Waals surface area contributed by atoms with Crippen molar-refractivity contribution in [3.05, 3.63) is 41.7 Å². The summed E-state index contributed by atoms with van der Waals surface area (Å²) < 4.78 is 0. The van der Waals surface area contributed by atoms with E-state index in [1.807, 2.05) is 12.3 Å². The molecule has 1 aliphatic carbocycles. The van der Waals surface area contributed by atoms with Crippen LogP contribution in [-0.2, 0) is 6.42 Å². The van der Waals surface area contributed by atoms with E-state index >= 15 is 0 Å². The monoisotopic (exact) mass is 216 g/mol. The van der Waals surface area contributed by atoms with Gasteiger partial charge in [0.1, 0.15) is 0 Å². The fourth-order valence-electron chi connectivity index (χ4n) is 2.28. The number of hydrogen-bond acceptors (Lipinski definition) is 2. The normalized spacial score (nSPS) is 18.7. The zero-order valence-electron chi connectivity index (χ0n) is 9.73. The van der Waals surface area contributed by atoms with E-state index in [0.717, 1.165) is 6.42 Å². The SMILES string of the molecule is NC(Cc1cccnc1)C1=CCCCCC1. The van der Waals surface area contributed by atoms with Crippen LogP contribution in [0.25, 0.3) is 0 Å². The first kappa shape index (κ1) is 11.3. The molecule has 16 heavy (non-hydrogen) atoms. The van der Waals surface area contributed by atoms with Gasteiger partial charge >= 0.3 is 0 Å². The Bertz CT molecular complexity index is 343. The van der Waals surface area contributed by atoms with Gasteiger partial charge in [0, 0.05) is 18.4 Å². The van der Waals surface area contributed by atoms with Gasteiger partial charge in [-0.15, -0.1) is 0 Å². The predicted octanol–water partition coefficient (Wildman–Crippen LogP) is 2.84. The molecule has 1 aromatic heterocycles. The molecule has 1 heterocycles. The Kier molecular flexibility index (Phi) is 4.11. The van der Waals surface area contributed by atoms with E-state index in [0.29, 0.717) is 0 Å². The van der Waals surface area contributed by atoms with Crippen LogP contribution < -0.4 is 5.73 Å². The fourth-order valence-corrected chi connectivity index (χ4v) is 2.28. The van der Waals surface area contributed by atoms with Crippen LogP contribution >= 0.6 is 0 Å². The third-order valence-electron chi connectivity index (χ3n) is 3.23. The molecular weight excluding hydrogens is 196 g/mol. The highest BCUT2D eigenvalue weighted by molar-refractivity contribution is 5.18. The van der Waals surface area contributed by atoms with E-state index in [1.54, 1.807) is 6.20 Å². The topological polar surface area (TPSA) is 38.9 Å². The molecule has 0 aromatic carbocycles. The minimum absolute atomic E-state index is 0.183. The third-order valence-corrected chi connectivity index (χ3v) is 3.23. The largest absolute Gasteiger partial charge is 0.324 e. The van der Waals surface area contributed by atoms with Gasteiger partial charge < -0.3 is 5.73 Å². The van der Waals surface area contributed by atoms with Crippen LogP contribution in [0.15, 0.2) is 36.2 Å². The van der Waals surface area contributed by atoms with Crippen molar-refractivity contribution in [1.29, 1.82) is 0 Å². The lowest BCUT2D eigenvalue weighted by atomic mass is 9.97. The fraction of sp³-hybridized carbons (Fsp3) is 0.500. The van der Waals surface area contributed by atoms with Crippen molar-refractivity contribution in [2.75, 3.05) is 0 Å². The van der Waals surface area contributed by atoms with Gasteiger partial charge in [-0.25, -0.2) is 0 Å². The Labute approximate surface area is 97.6 Å². The van der Waals surface area contributed by atoms with Crippen LogP contribution in [-0.4, -0.2) is 11.0 Å². The number of nitrogens with two attached hydrogens (primary N) is 1. The zero-order chi connectivity index (χ0) is 11.2. The van der Waals surface area contributed by atoms with Crippen molar-refractivity contribution in [3.63, 3.8) is 0 Å². The number of nitrogens with zero attached hydrogens (tertiary/aromatic N) is 1. The van der Waals surface area contributed by atoms with Crippen molar-refractivity contribution in [1.82, 2.24) is 4.98 Å². The highest BCUT2D eigenvalue weighted by Gasteiger charge is 2.11.